The average Bonchev–Trinajstić information content (AvgIpc) is 2.49. The Labute approximate surface area is 129 Å². The number of pyridine rings is 1. The molecule has 1 N–H and O–H groups in total. The fourth-order valence-corrected chi connectivity index (χ4v) is 3.78. The van der Waals surface area contributed by atoms with Gasteiger partial charge < -0.3 is 5.32 Å². The summed E-state index contributed by atoms with van der Waals surface area (Å²) in [6.07, 6.45) is 3.96. The molecule has 1 atom stereocenters. The zero-order valence-corrected chi connectivity index (χ0v) is 12.8. The monoisotopic (exact) mass is 304 g/mol. The molecule has 2 aromatic rings. The number of halogens is 1. The van der Waals surface area contributed by atoms with Crippen LogP contribution in [0.3, 0.4) is 0 Å². The fraction of sp³-hybridized carbons (Fsp3) is 0.312. The zero-order chi connectivity index (χ0) is 13.8. The third-order valence-electron chi connectivity index (χ3n) is 3.51. The summed E-state index contributed by atoms with van der Waals surface area (Å²) in [7, 11) is 0. The Morgan fingerprint density at radius 2 is 2.25 bits per heavy atom. The maximum atomic E-state index is 6.12. The smallest absolute Gasteiger partial charge is 0.0416 e. The van der Waals surface area contributed by atoms with Crippen LogP contribution in [0.4, 0.5) is 0 Å². The van der Waals surface area contributed by atoms with Crippen LogP contribution in [-0.4, -0.2) is 17.3 Å². The standard InChI is InChI=1S/C16H17ClN2S/c17-12-4-5-16-14(11-12)15(7-10-20-16)19-9-6-13-3-1-2-8-18-13/h1-5,8,11,15,19H,6-7,9-10H2. The predicted octanol–water partition coefficient (Wildman–Crippen LogP) is 4.10. The van der Waals surface area contributed by atoms with Gasteiger partial charge in [-0.1, -0.05) is 17.7 Å². The van der Waals surface area contributed by atoms with Crippen LogP contribution in [0.25, 0.3) is 0 Å². The lowest BCUT2D eigenvalue weighted by atomic mass is 10.0. The van der Waals surface area contributed by atoms with E-state index in [0.717, 1.165) is 35.9 Å². The number of thioether (sulfide) groups is 1. The molecule has 104 valence electrons. The molecule has 1 aromatic heterocycles. The molecular formula is C16H17ClN2S. The van der Waals surface area contributed by atoms with E-state index >= 15 is 0 Å². The number of fused-ring (bicyclic) bond motifs is 1. The number of aromatic nitrogens is 1. The quantitative estimate of drug-likeness (QED) is 0.920. The van der Waals surface area contributed by atoms with E-state index in [1.807, 2.05) is 36.2 Å². The van der Waals surface area contributed by atoms with Crippen LogP contribution in [0.5, 0.6) is 0 Å². The molecule has 20 heavy (non-hydrogen) atoms. The molecule has 3 rings (SSSR count). The molecule has 0 bridgehead atoms. The minimum absolute atomic E-state index is 0.411. The van der Waals surface area contributed by atoms with Gasteiger partial charge in [0.2, 0.25) is 0 Å². The highest BCUT2D eigenvalue weighted by molar-refractivity contribution is 7.99. The Bertz CT molecular complexity index is 574. The minimum atomic E-state index is 0.411. The van der Waals surface area contributed by atoms with Gasteiger partial charge in [-0.05, 0) is 48.1 Å². The summed E-state index contributed by atoms with van der Waals surface area (Å²) in [5, 5.41) is 4.46. The first-order valence-electron chi connectivity index (χ1n) is 6.88. The molecule has 1 unspecified atom stereocenters. The number of nitrogens with one attached hydrogen (secondary N) is 1. The Kier molecular flexibility index (Phi) is 4.61. The van der Waals surface area contributed by atoms with Gasteiger partial charge in [-0.2, -0.15) is 0 Å². The molecule has 2 nitrogen and oxygen atoms in total. The summed E-state index contributed by atoms with van der Waals surface area (Å²) in [6, 6.07) is 12.7. The molecule has 0 fully saturated rings. The Morgan fingerprint density at radius 1 is 1.30 bits per heavy atom. The van der Waals surface area contributed by atoms with Gasteiger partial charge in [-0.15, -0.1) is 11.8 Å². The predicted molar refractivity (Wildman–Crippen MR) is 85.5 cm³/mol. The van der Waals surface area contributed by atoms with E-state index in [1.54, 1.807) is 0 Å². The minimum Gasteiger partial charge on any atom is -0.309 e. The molecule has 1 aromatic carbocycles. The molecule has 1 aliphatic heterocycles. The largest absolute Gasteiger partial charge is 0.309 e. The van der Waals surface area contributed by atoms with Crippen molar-refractivity contribution in [2.75, 3.05) is 12.3 Å². The molecule has 0 saturated heterocycles. The van der Waals surface area contributed by atoms with Gasteiger partial charge in [0.15, 0.2) is 0 Å². The van der Waals surface area contributed by atoms with E-state index in [4.69, 9.17) is 11.6 Å². The van der Waals surface area contributed by atoms with Crippen LogP contribution in [0.15, 0.2) is 47.5 Å². The SMILES string of the molecule is Clc1ccc2c(c1)C(NCCc1ccccn1)CCS2. The van der Waals surface area contributed by atoms with Gasteiger partial charge in [0.25, 0.3) is 0 Å². The van der Waals surface area contributed by atoms with Crippen LogP contribution < -0.4 is 5.32 Å². The van der Waals surface area contributed by atoms with E-state index in [1.165, 1.54) is 10.5 Å². The number of benzene rings is 1. The molecular weight excluding hydrogens is 288 g/mol. The molecule has 0 radical (unpaired) electrons. The third-order valence-corrected chi connectivity index (χ3v) is 4.87. The van der Waals surface area contributed by atoms with Crippen LogP contribution in [0.1, 0.15) is 23.7 Å². The Balaban J connectivity index is 1.63. The molecule has 0 spiro atoms. The van der Waals surface area contributed by atoms with Gasteiger partial charge in [0, 0.05) is 40.8 Å². The summed E-state index contributed by atoms with van der Waals surface area (Å²) in [5.41, 5.74) is 2.48. The lowest BCUT2D eigenvalue weighted by Gasteiger charge is -2.26. The Morgan fingerprint density at radius 3 is 3.10 bits per heavy atom. The lowest BCUT2D eigenvalue weighted by Crippen LogP contribution is -2.26. The molecule has 0 saturated carbocycles. The van der Waals surface area contributed by atoms with Crippen molar-refractivity contribution in [1.82, 2.24) is 10.3 Å². The first-order chi connectivity index (χ1) is 9.83. The van der Waals surface area contributed by atoms with E-state index in [9.17, 15) is 0 Å². The molecule has 1 aliphatic rings. The highest BCUT2D eigenvalue weighted by atomic mass is 35.5. The normalized spacial score (nSPS) is 17.8. The maximum Gasteiger partial charge on any atom is 0.0416 e. The fourth-order valence-electron chi connectivity index (χ4n) is 2.50. The maximum absolute atomic E-state index is 6.12. The third kappa shape index (κ3) is 3.35. The first kappa shape index (κ1) is 13.9. The summed E-state index contributed by atoms with van der Waals surface area (Å²) in [6.45, 7) is 0.943. The van der Waals surface area contributed by atoms with Gasteiger partial charge in [0.05, 0.1) is 0 Å². The summed E-state index contributed by atoms with van der Waals surface area (Å²) < 4.78 is 0. The number of hydrogen-bond donors (Lipinski definition) is 1. The highest BCUT2D eigenvalue weighted by Gasteiger charge is 2.20. The molecule has 4 heteroatoms. The topological polar surface area (TPSA) is 24.9 Å². The van der Waals surface area contributed by atoms with E-state index < -0.39 is 0 Å². The van der Waals surface area contributed by atoms with Crippen LogP contribution in [0, 0.1) is 0 Å². The van der Waals surface area contributed by atoms with Crippen molar-refractivity contribution < 1.29 is 0 Å². The van der Waals surface area contributed by atoms with Gasteiger partial charge >= 0.3 is 0 Å². The van der Waals surface area contributed by atoms with Crippen LogP contribution in [-0.2, 0) is 6.42 Å². The zero-order valence-electron chi connectivity index (χ0n) is 11.2. The number of nitrogens with zero attached hydrogens (tertiary/aromatic N) is 1. The van der Waals surface area contributed by atoms with Gasteiger partial charge in [0.1, 0.15) is 0 Å². The molecule has 2 heterocycles. The van der Waals surface area contributed by atoms with Crippen molar-refractivity contribution in [2.24, 2.45) is 0 Å². The van der Waals surface area contributed by atoms with Crippen LogP contribution >= 0.6 is 23.4 Å². The van der Waals surface area contributed by atoms with Crippen molar-refractivity contribution in [2.45, 2.75) is 23.8 Å². The second-order valence-corrected chi connectivity index (χ2v) is 6.47. The van der Waals surface area contributed by atoms with Crippen molar-refractivity contribution in [1.29, 1.82) is 0 Å². The summed E-state index contributed by atoms with van der Waals surface area (Å²) in [4.78, 5) is 5.71. The molecule has 0 amide bonds. The van der Waals surface area contributed by atoms with Gasteiger partial charge in [-0.25, -0.2) is 0 Å². The van der Waals surface area contributed by atoms with Gasteiger partial charge in [-0.3, -0.25) is 4.98 Å². The second-order valence-electron chi connectivity index (χ2n) is 4.90. The van der Waals surface area contributed by atoms with E-state index in [0.29, 0.717) is 6.04 Å². The second kappa shape index (κ2) is 6.61. The number of hydrogen-bond acceptors (Lipinski definition) is 3. The van der Waals surface area contributed by atoms with Crippen molar-refractivity contribution >= 4 is 23.4 Å². The first-order valence-corrected chi connectivity index (χ1v) is 8.25. The van der Waals surface area contributed by atoms with Crippen molar-refractivity contribution in [3.63, 3.8) is 0 Å². The van der Waals surface area contributed by atoms with Crippen molar-refractivity contribution in [3.8, 4) is 0 Å². The lowest BCUT2D eigenvalue weighted by molar-refractivity contribution is 0.512. The van der Waals surface area contributed by atoms with Crippen molar-refractivity contribution in [3.05, 3.63) is 58.9 Å². The molecule has 0 aliphatic carbocycles. The summed E-state index contributed by atoms with van der Waals surface area (Å²) >= 11 is 8.04. The van der Waals surface area contributed by atoms with Crippen LogP contribution in [0.2, 0.25) is 5.02 Å². The highest BCUT2D eigenvalue weighted by Crippen LogP contribution is 2.37. The van der Waals surface area contributed by atoms with E-state index in [2.05, 4.69) is 28.5 Å². The number of rotatable bonds is 4. The van der Waals surface area contributed by atoms with E-state index in [-0.39, 0.29) is 0 Å². The Hall–Kier alpha value is -1.03. The average molecular weight is 305 g/mol. The summed E-state index contributed by atoms with van der Waals surface area (Å²) in [5.74, 6) is 1.16.